The summed E-state index contributed by atoms with van der Waals surface area (Å²) in [5.41, 5.74) is 1.14. The Bertz CT molecular complexity index is 1180. The van der Waals surface area contributed by atoms with Crippen molar-refractivity contribution in [1.82, 2.24) is 9.29 Å². The molecule has 0 bridgehead atoms. The van der Waals surface area contributed by atoms with Crippen LogP contribution in [0.1, 0.15) is 42.5 Å². The number of benzene rings is 2. The van der Waals surface area contributed by atoms with Crippen molar-refractivity contribution in [2.45, 2.75) is 43.0 Å². The van der Waals surface area contributed by atoms with Gasteiger partial charge in [0, 0.05) is 18.7 Å². The van der Waals surface area contributed by atoms with Crippen molar-refractivity contribution in [2.75, 3.05) is 19.5 Å². The van der Waals surface area contributed by atoms with E-state index < -0.39 is 10.0 Å². The highest BCUT2D eigenvalue weighted by molar-refractivity contribution is 7.89. The minimum Gasteiger partial charge on any atom is -0.497 e. The summed E-state index contributed by atoms with van der Waals surface area (Å²) in [4.78, 5) is 17.2. The predicted octanol–water partition coefficient (Wildman–Crippen LogP) is 4.51. The summed E-state index contributed by atoms with van der Waals surface area (Å²) in [6.07, 6.45) is 5.06. The van der Waals surface area contributed by atoms with E-state index in [1.165, 1.54) is 39.9 Å². The largest absolute Gasteiger partial charge is 0.497 e. The second-order valence-electron chi connectivity index (χ2n) is 7.64. The zero-order valence-corrected chi connectivity index (χ0v) is 19.1. The number of methoxy groups -OCH3 is 1. The van der Waals surface area contributed by atoms with Crippen LogP contribution in [0.3, 0.4) is 0 Å². The van der Waals surface area contributed by atoms with Gasteiger partial charge < -0.3 is 4.74 Å². The van der Waals surface area contributed by atoms with Crippen LogP contribution in [0.4, 0.5) is 5.13 Å². The zero-order valence-electron chi connectivity index (χ0n) is 17.5. The molecule has 0 atom stereocenters. The molecule has 0 spiro atoms. The molecular formula is C22H25N3O4S2. The van der Waals surface area contributed by atoms with Crippen molar-refractivity contribution in [3.05, 3.63) is 48.0 Å². The Labute approximate surface area is 186 Å². The smallest absolute Gasteiger partial charge is 0.257 e. The molecule has 1 saturated carbocycles. The molecule has 9 heteroatoms. The molecule has 0 aliphatic heterocycles. The van der Waals surface area contributed by atoms with Crippen molar-refractivity contribution in [3.8, 4) is 5.75 Å². The lowest BCUT2D eigenvalue weighted by molar-refractivity contribution is 0.102. The van der Waals surface area contributed by atoms with E-state index in [-0.39, 0.29) is 16.8 Å². The van der Waals surface area contributed by atoms with E-state index in [2.05, 4.69) is 10.3 Å². The molecule has 1 heterocycles. The summed E-state index contributed by atoms with van der Waals surface area (Å²) in [7, 11) is -0.339. The Kier molecular flexibility index (Phi) is 6.27. The first-order valence-corrected chi connectivity index (χ1v) is 12.5. The maximum atomic E-state index is 13.0. The Balaban J connectivity index is 1.47. The van der Waals surface area contributed by atoms with Gasteiger partial charge in [0.05, 0.1) is 22.2 Å². The Morgan fingerprint density at radius 3 is 2.52 bits per heavy atom. The van der Waals surface area contributed by atoms with Gasteiger partial charge in [-0.3, -0.25) is 10.1 Å². The van der Waals surface area contributed by atoms with Crippen LogP contribution in [0.5, 0.6) is 5.75 Å². The Morgan fingerprint density at radius 2 is 1.84 bits per heavy atom. The number of hydrogen-bond donors (Lipinski definition) is 1. The molecule has 164 valence electrons. The quantitative estimate of drug-likeness (QED) is 0.586. The molecule has 1 N–H and O–H groups in total. The summed E-state index contributed by atoms with van der Waals surface area (Å²) in [5.74, 6) is 0.389. The molecule has 1 aliphatic rings. The lowest BCUT2D eigenvalue weighted by Crippen LogP contribution is -2.38. The molecule has 1 aliphatic carbocycles. The van der Waals surface area contributed by atoms with E-state index >= 15 is 0 Å². The molecule has 31 heavy (non-hydrogen) atoms. The first-order valence-electron chi connectivity index (χ1n) is 10.2. The fourth-order valence-electron chi connectivity index (χ4n) is 3.84. The molecule has 1 fully saturated rings. The highest BCUT2D eigenvalue weighted by Crippen LogP contribution is 2.30. The van der Waals surface area contributed by atoms with Crippen molar-refractivity contribution >= 4 is 42.6 Å². The molecule has 4 rings (SSSR count). The lowest BCUT2D eigenvalue weighted by atomic mass is 9.96. The van der Waals surface area contributed by atoms with Gasteiger partial charge in [0.2, 0.25) is 10.0 Å². The fraction of sp³-hybridized carbons (Fsp3) is 0.364. The molecule has 2 aromatic carbocycles. The van der Waals surface area contributed by atoms with Crippen LogP contribution in [-0.2, 0) is 10.0 Å². The first-order chi connectivity index (χ1) is 14.9. The van der Waals surface area contributed by atoms with Gasteiger partial charge >= 0.3 is 0 Å². The van der Waals surface area contributed by atoms with Crippen LogP contribution in [0.25, 0.3) is 10.2 Å². The summed E-state index contributed by atoms with van der Waals surface area (Å²) in [6, 6.07) is 11.6. The van der Waals surface area contributed by atoms with Crippen LogP contribution in [0.2, 0.25) is 0 Å². The number of aromatic nitrogens is 1. The van der Waals surface area contributed by atoms with Crippen LogP contribution in [-0.4, -0.2) is 43.8 Å². The number of hydrogen-bond acceptors (Lipinski definition) is 6. The Morgan fingerprint density at radius 1 is 1.13 bits per heavy atom. The van der Waals surface area contributed by atoms with E-state index in [1.54, 1.807) is 14.2 Å². The van der Waals surface area contributed by atoms with E-state index in [4.69, 9.17) is 4.74 Å². The van der Waals surface area contributed by atoms with Crippen molar-refractivity contribution < 1.29 is 17.9 Å². The lowest BCUT2D eigenvalue weighted by Gasteiger charge is -2.30. The van der Waals surface area contributed by atoms with Gasteiger partial charge in [-0.05, 0) is 55.3 Å². The van der Waals surface area contributed by atoms with Gasteiger partial charge in [0.25, 0.3) is 5.91 Å². The molecule has 0 unspecified atom stereocenters. The summed E-state index contributed by atoms with van der Waals surface area (Å²) < 4.78 is 33.5. The highest BCUT2D eigenvalue weighted by Gasteiger charge is 2.29. The number of amides is 1. The normalized spacial score (nSPS) is 15.3. The number of ether oxygens (including phenoxy) is 1. The number of anilines is 1. The van der Waals surface area contributed by atoms with Gasteiger partial charge in [0.15, 0.2) is 5.13 Å². The number of carbonyl (C=O) groups excluding carboxylic acids is 1. The van der Waals surface area contributed by atoms with Crippen LogP contribution >= 0.6 is 11.3 Å². The topological polar surface area (TPSA) is 88.6 Å². The minimum atomic E-state index is -3.58. The van der Waals surface area contributed by atoms with Crippen molar-refractivity contribution in [3.63, 3.8) is 0 Å². The van der Waals surface area contributed by atoms with E-state index in [0.29, 0.717) is 10.7 Å². The van der Waals surface area contributed by atoms with Gasteiger partial charge in [0.1, 0.15) is 5.75 Å². The number of rotatable bonds is 6. The number of carbonyl (C=O) groups is 1. The van der Waals surface area contributed by atoms with Gasteiger partial charge in [-0.2, -0.15) is 4.31 Å². The molecule has 0 saturated heterocycles. The number of fused-ring (bicyclic) bond motifs is 1. The molecule has 1 aromatic heterocycles. The predicted molar refractivity (Wildman–Crippen MR) is 122 cm³/mol. The summed E-state index contributed by atoms with van der Waals surface area (Å²) in [6.45, 7) is 0. The van der Waals surface area contributed by atoms with Gasteiger partial charge in [-0.15, -0.1) is 0 Å². The molecular weight excluding hydrogens is 434 g/mol. The van der Waals surface area contributed by atoms with Crippen molar-refractivity contribution in [1.29, 1.82) is 0 Å². The standard InChI is InChI=1S/C22H25N3O4S2/c1-25(16-6-4-3-5-7-16)31(27,28)18-11-8-15(9-12-18)21(26)24-22-23-19-13-10-17(29-2)14-20(19)30-22/h8-14,16H,3-7H2,1-2H3,(H,23,24,26). The fourth-order valence-corrected chi connectivity index (χ4v) is 6.15. The minimum absolute atomic E-state index is 0.0411. The Hall–Kier alpha value is -2.49. The monoisotopic (exact) mass is 459 g/mol. The second kappa shape index (κ2) is 8.94. The van der Waals surface area contributed by atoms with E-state index in [9.17, 15) is 13.2 Å². The van der Waals surface area contributed by atoms with Crippen LogP contribution in [0, 0.1) is 0 Å². The molecule has 7 nitrogen and oxygen atoms in total. The zero-order chi connectivity index (χ0) is 22.0. The van der Waals surface area contributed by atoms with Crippen LogP contribution < -0.4 is 10.1 Å². The maximum absolute atomic E-state index is 13.0. The third-order valence-electron chi connectivity index (χ3n) is 5.70. The molecule has 3 aromatic rings. The number of nitrogens with one attached hydrogen (secondary N) is 1. The van der Waals surface area contributed by atoms with Crippen molar-refractivity contribution in [2.24, 2.45) is 0 Å². The van der Waals surface area contributed by atoms with E-state index in [1.807, 2.05) is 18.2 Å². The molecule has 1 amide bonds. The molecule has 0 radical (unpaired) electrons. The van der Waals surface area contributed by atoms with E-state index in [0.717, 1.165) is 48.1 Å². The van der Waals surface area contributed by atoms with Gasteiger partial charge in [-0.1, -0.05) is 30.6 Å². The number of nitrogens with zero attached hydrogens (tertiary/aromatic N) is 2. The number of thiazole rings is 1. The summed E-state index contributed by atoms with van der Waals surface area (Å²) in [5, 5.41) is 3.26. The highest BCUT2D eigenvalue weighted by atomic mass is 32.2. The SMILES string of the molecule is COc1ccc2nc(NC(=O)c3ccc(S(=O)(=O)N(C)C4CCCCC4)cc3)sc2c1. The summed E-state index contributed by atoms with van der Waals surface area (Å²) >= 11 is 1.35. The third kappa shape index (κ3) is 4.58. The number of sulfonamides is 1. The average Bonchev–Trinajstić information content (AvgIpc) is 3.20. The van der Waals surface area contributed by atoms with Gasteiger partial charge in [-0.25, -0.2) is 13.4 Å². The first kappa shape index (κ1) is 21.7. The average molecular weight is 460 g/mol. The van der Waals surface area contributed by atoms with Crippen LogP contribution in [0.15, 0.2) is 47.4 Å². The third-order valence-corrected chi connectivity index (χ3v) is 8.56. The maximum Gasteiger partial charge on any atom is 0.257 e. The second-order valence-corrected chi connectivity index (χ2v) is 10.7.